The molecule has 6 aromatic rings. The van der Waals surface area contributed by atoms with Crippen molar-refractivity contribution in [1.29, 1.82) is 0 Å². The first kappa shape index (κ1) is 60.8. The lowest BCUT2D eigenvalue weighted by Gasteiger charge is -2.38. The molecule has 2 heterocycles. The van der Waals surface area contributed by atoms with Gasteiger partial charge in [0, 0.05) is 49.9 Å². The summed E-state index contributed by atoms with van der Waals surface area (Å²) < 4.78 is 104. The third-order valence-electron chi connectivity index (χ3n) is 16.5. The predicted octanol–water partition coefficient (Wildman–Crippen LogP) is 15.6. The predicted molar refractivity (Wildman–Crippen MR) is 310 cm³/mol. The number of ether oxygens (including phenoxy) is 2. The van der Waals surface area contributed by atoms with Crippen molar-refractivity contribution < 1.29 is 45.4 Å². The number of hydrogen-bond donors (Lipinski definition) is 2. The van der Waals surface area contributed by atoms with Gasteiger partial charge in [0.05, 0.1) is 12.8 Å². The van der Waals surface area contributed by atoms with E-state index in [1.54, 1.807) is 0 Å². The lowest BCUT2D eigenvalue weighted by Crippen LogP contribution is -2.54. The third kappa shape index (κ3) is 13.8. The highest BCUT2D eigenvalue weighted by Gasteiger charge is 2.72. The van der Waals surface area contributed by atoms with Gasteiger partial charge in [-0.25, -0.2) is 0 Å². The topological polar surface area (TPSA) is 76.7 Å². The number of carbonyl (C=O) groups is 2. The quantitative estimate of drug-likeness (QED) is 0.0836. The molecule has 2 N–H and O–H groups in total. The van der Waals surface area contributed by atoms with E-state index in [0.29, 0.717) is 25.9 Å². The Balaban J connectivity index is 0.925. The first-order valence-electron chi connectivity index (χ1n) is 28.3. The molecule has 81 heavy (non-hydrogen) atoms. The minimum Gasteiger partial charge on any atom is -0.461 e. The summed E-state index contributed by atoms with van der Waals surface area (Å²) in [6, 6.07) is 41.7. The summed E-state index contributed by atoms with van der Waals surface area (Å²) in [5.41, 5.74) is 2.91. The van der Waals surface area contributed by atoms with Crippen LogP contribution in [0.2, 0.25) is 0 Å². The number of nitrogens with one attached hydrogen (secondary N) is 2. The van der Waals surface area contributed by atoms with Gasteiger partial charge in [0.25, 0.3) is 0 Å². The standard InChI is InChI=1S/C69H80F6N2O4/c1-63(2,3)49-29-17-45(18-30-49)61(46-19-31-50(32-20-46)64(4,5)6)57-39-55(41-76-57)80-59(78)37-43-13-25-53(26-14-43)67(68(70,71)72,69(73,74)75)54-27-15-44(16-28-54)38-60(79)81-56-40-58(77-42-56)62(47-21-33-51(34-22-47)65(7,8)9)48-23-35-52(36-24-48)66(10,11)12/h13-36,55-58,61-62,76-77H,37-42H2,1-12H3/t55-,56-,57-,58-/m1/s1. The Hall–Kier alpha value is -6.24. The van der Waals surface area contributed by atoms with Gasteiger partial charge in [0.1, 0.15) is 12.2 Å². The monoisotopic (exact) mass is 1110 g/mol. The number of hydrogen-bond acceptors (Lipinski definition) is 6. The molecule has 8 rings (SSSR count). The Labute approximate surface area is 475 Å². The summed E-state index contributed by atoms with van der Waals surface area (Å²) >= 11 is 0. The zero-order chi connectivity index (χ0) is 59.1. The molecule has 6 nitrogen and oxygen atoms in total. The Bertz CT molecular complexity index is 2760. The van der Waals surface area contributed by atoms with Crippen molar-refractivity contribution in [3.05, 3.63) is 212 Å². The molecule has 432 valence electrons. The number of alkyl halides is 6. The van der Waals surface area contributed by atoms with Crippen LogP contribution in [0.25, 0.3) is 0 Å². The molecular formula is C69H80F6N2O4. The van der Waals surface area contributed by atoms with E-state index in [4.69, 9.17) is 9.47 Å². The van der Waals surface area contributed by atoms with E-state index in [9.17, 15) is 9.59 Å². The number of halogens is 6. The molecule has 0 amide bonds. The van der Waals surface area contributed by atoms with Gasteiger partial charge in [-0.15, -0.1) is 0 Å². The largest absolute Gasteiger partial charge is 0.461 e. The van der Waals surface area contributed by atoms with Gasteiger partial charge in [0.2, 0.25) is 5.41 Å². The Kier molecular flexibility index (Phi) is 17.4. The Morgan fingerprint density at radius 2 is 0.630 bits per heavy atom. The van der Waals surface area contributed by atoms with Gasteiger partial charge in [-0.05, 0) is 88.4 Å². The SMILES string of the molecule is CC(C)(C)c1ccc(C(c2ccc(C(C)(C)C)cc2)[C@H]2C[C@@H](OC(=O)Cc3ccc(C(c4ccc(CC(=O)O[C@H]5CN[C@@H](C(c6ccc(C(C)(C)C)cc6)c6ccc(C(C)(C)C)cc6)C5)cc4)(C(F)(F)F)C(F)(F)F)cc3)CN2)cc1. The number of esters is 2. The van der Waals surface area contributed by atoms with Crippen LogP contribution in [0.3, 0.4) is 0 Å². The van der Waals surface area contributed by atoms with Gasteiger partial charge < -0.3 is 20.1 Å². The van der Waals surface area contributed by atoms with E-state index in [-0.39, 0.29) is 69.5 Å². The fourth-order valence-electron chi connectivity index (χ4n) is 11.7. The molecule has 2 aliphatic rings. The lowest BCUT2D eigenvalue weighted by molar-refractivity contribution is -0.288. The molecule has 0 aliphatic carbocycles. The average molecular weight is 1120 g/mol. The zero-order valence-corrected chi connectivity index (χ0v) is 49.0. The van der Waals surface area contributed by atoms with E-state index in [1.165, 1.54) is 22.3 Å². The molecule has 0 unspecified atom stereocenters. The van der Waals surface area contributed by atoms with Crippen LogP contribution < -0.4 is 10.6 Å². The average Bonchev–Trinajstić information content (AvgIpc) is 4.20. The smallest absolute Gasteiger partial charge is 0.411 e. The number of rotatable bonds is 14. The summed E-state index contributed by atoms with van der Waals surface area (Å²) in [5, 5.41) is 7.13. The van der Waals surface area contributed by atoms with Crippen LogP contribution in [0.1, 0.15) is 175 Å². The van der Waals surface area contributed by atoms with Crippen LogP contribution in [-0.2, 0) is 59.0 Å². The second kappa shape index (κ2) is 23.2. The van der Waals surface area contributed by atoms with Crippen LogP contribution in [0.4, 0.5) is 26.3 Å². The van der Waals surface area contributed by atoms with Gasteiger partial charge in [0.15, 0.2) is 0 Å². The van der Waals surface area contributed by atoms with Crippen LogP contribution in [0.5, 0.6) is 0 Å². The second-order valence-electron chi connectivity index (χ2n) is 26.7. The molecule has 0 saturated carbocycles. The molecular weight excluding hydrogens is 1030 g/mol. The molecule has 0 spiro atoms. The summed E-state index contributed by atoms with van der Waals surface area (Å²) in [5.74, 6) is -1.45. The molecule has 0 aromatic heterocycles. The summed E-state index contributed by atoms with van der Waals surface area (Å²) in [7, 11) is 0. The van der Waals surface area contributed by atoms with Crippen molar-refractivity contribution in [2.75, 3.05) is 13.1 Å². The highest BCUT2D eigenvalue weighted by molar-refractivity contribution is 5.73. The maximum Gasteiger partial charge on any atom is 0.411 e. The van der Waals surface area contributed by atoms with Gasteiger partial charge >= 0.3 is 24.3 Å². The normalized spacial score (nSPS) is 18.6. The highest BCUT2D eigenvalue weighted by Crippen LogP contribution is 2.56. The van der Waals surface area contributed by atoms with Gasteiger partial charge in [-0.3, -0.25) is 9.59 Å². The van der Waals surface area contributed by atoms with Crippen molar-refractivity contribution in [3.8, 4) is 0 Å². The molecule has 4 atom stereocenters. The zero-order valence-electron chi connectivity index (χ0n) is 49.0. The fourth-order valence-corrected chi connectivity index (χ4v) is 11.7. The first-order chi connectivity index (χ1) is 37.7. The van der Waals surface area contributed by atoms with E-state index in [2.05, 4.69) is 191 Å². The fraction of sp³-hybridized carbons (Fsp3) is 0.449. The summed E-state index contributed by atoms with van der Waals surface area (Å²) in [6.07, 6.45) is -12.5. The van der Waals surface area contributed by atoms with E-state index >= 15 is 26.3 Å². The third-order valence-corrected chi connectivity index (χ3v) is 16.5. The van der Waals surface area contributed by atoms with Crippen molar-refractivity contribution in [1.82, 2.24) is 10.6 Å². The highest BCUT2D eigenvalue weighted by atomic mass is 19.4. The van der Waals surface area contributed by atoms with Crippen molar-refractivity contribution in [2.24, 2.45) is 0 Å². The van der Waals surface area contributed by atoms with E-state index in [0.717, 1.165) is 70.8 Å². The minimum absolute atomic E-state index is 0.0341. The van der Waals surface area contributed by atoms with Crippen LogP contribution in [-0.4, -0.2) is 61.7 Å². The molecule has 12 heteroatoms. The Morgan fingerprint density at radius 1 is 0.395 bits per heavy atom. The van der Waals surface area contributed by atoms with Crippen molar-refractivity contribution in [3.63, 3.8) is 0 Å². The lowest BCUT2D eigenvalue weighted by atomic mass is 9.72. The van der Waals surface area contributed by atoms with Crippen LogP contribution in [0, 0.1) is 0 Å². The summed E-state index contributed by atoms with van der Waals surface area (Å²) in [4.78, 5) is 26.9. The molecule has 0 radical (unpaired) electrons. The van der Waals surface area contributed by atoms with Gasteiger partial charge in [-0.1, -0.05) is 229 Å². The molecule has 2 fully saturated rings. The van der Waals surface area contributed by atoms with Crippen molar-refractivity contribution >= 4 is 11.9 Å². The van der Waals surface area contributed by atoms with Crippen molar-refractivity contribution in [2.45, 2.75) is 184 Å². The van der Waals surface area contributed by atoms with E-state index in [1.807, 2.05) is 0 Å². The Morgan fingerprint density at radius 3 is 0.852 bits per heavy atom. The second-order valence-corrected chi connectivity index (χ2v) is 26.7. The first-order valence-corrected chi connectivity index (χ1v) is 28.3. The maximum absolute atomic E-state index is 15.3. The van der Waals surface area contributed by atoms with Crippen LogP contribution >= 0.6 is 0 Å². The maximum atomic E-state index is 15.3. The van der Waals surface area contributed by atoms with Gasteiger partial charge in [-0.2, -0.15) is 26.3 Å². The molecule has 2 saturated heterocycles. The number of benzene rings is 6. The van der Waals surface area contributed by atoms with Crippen LogP contribution in [0.15, 0.2) is 146 Å². The van der Waals surface area contributed by atoms with E-state index < -0.39 is 53.0 Å². The summed E-state index contributed by atoms with van der Waals surface area (Å²) in [6.45, 7) is 26.7. The molecule has 0 bridgehead atoms. The minimum atomic E-state index is -5.84. The molecule has 6 aromatic carbocycles. The number of carbonyl (C=O) groups excluding carboxylic acids is 2. The molecule has 2 aliphatic heterocycles.